The molecule has 1 N–H and O–H groups in total. The van der Waals surface area contributed by atoms with Crippen LogP contribution in [0.4, 0.5) is 5.82 Å². The minimum Gasteiger partial charge on any atom is -0.460 e. The molecule has 23 heavy (non-hydrogen) atoms. The Morgan fingerprint density at radius 3 is 2.83 bits per heavy atom. The fourth-order valence-corrected chi connectivity index (χ4v) is 2.58. The number of carbonyl (C=O) groups excluding carboxylic acids is 1. The van der Waals surface area contributed by atoms with Crippen molar-refractivity contribution in [1.29, 1.82) is 0 Å². The van der Waals surface area contributed by atoms with E-state index < -0.39 is 0 Å². The van der Waals surface area contributed by atoms with Crippen molar-refractivity contribution in [2.24, 2.45) is 5.92 Å². The number of aromatic nitrogens is 3. The molecule has 6 nitrogen and oxygen atoms in total. The lowest BCUT2D eigenvalue weighted by molar-refractivity contribution is -0.117. The maximum Gasteiger partial charge on any atom is 0.228 e. The second-order valence-corrected chi connectivity index (χ2v) is 5.97. The summed E-state index contributed by atoms with van der Waals surface area (Å²) in [6, 6.07) is 3.77. The van der Waals surface area contributed by atoms with Gasteiger partial charge in [0.05, 0.1) is 11.9 Å². The largest absolute Gasteiger partial charge is 0.460 e. The van der Waals surface area contributed by atoms with E-state index in [-0.39, 0.29) is 11.8 Å². The van der Waals surface area contributed by atoms with Crippen LogP contribution in [-0.4, -0.2) is 20.3 Å². The highest BCUT2D eigenvalue weighted by Gasteiger charge is 2.30. The van der Waals surface area contributed by atoms with Gasteiger partial charge >= 0.3 is 0 Å². The predicted molar refractivity (Wildman–Crippen MR) is 86.2 cm³/mol. The molecule has 3 aromatic rings. The molecule has 0 aliphatic heterocycles. The van der Waals surface area contributed by atoms with Gasteiger partial charge in [-0.15, -0.1) is 0 Å². The molecule has 1 saturated carbocycles. The van der Waals surface area contributed by atoms with Crippen LogP contribution in [0.2, 0.25) is 0 Å². The molecular formula is C17H18N4O2. The summed E-state index contributed by atoms with van der Waals surface area (Å²) in [5.41, 5.74) is 2.36. The van der Waals surface area contributed by atoms with E-state index in [2.05, 4.69) is 22.2 Å². The zero-order chi connectivity index (χ0) is 16.0. The van der Waals surface area contributed by atoms with Crippen molar-refractivity contribution in [2.75, 3.05) is 5.32 Å². The molecule has 1 aliphatic rings. The van der Waals surface area contributed by atoms with Gasteiger partial charge < -0.3 is 14.1 Å². The highest BCUT2D eigenvalue weighted by atomic mass is 16.3. The molecule has 4 rings (SSSR count). The third-order valence-corrected chi connectivity index (χ3v) is 4.02. The van der Waals surface area contributed by atoms with Crippen molar-refractivity contribution < 1.29 is 9.21 Å². The molecular weight excluding hydrogens is 292 g/mol. The monoisotopic (exact) mass is 310 g/mol. The summed E-state index contributed by atoms with van der Waals surface area (Å²) in [4.78, 5) is 21.2. The molecule has 0 bridgehead atoms. The van der Waals surface area contributed by atoms with Crippen LogP contribution < -0.4 is 5.32 Å². The molecule has 118 valence electrons. The van der Waals surface area contributed by atoms with Crippen molar-refractivity contribution in [1.82, 2.24) is 14.4 Å². The number of aryl methyl sites for hydroxylation is 2. The Bertz CT molecular complexity index is 889. The molecule has 1 aliphatic carbocycles. The van der Waals surface area contributed by atoms with Gasteiger partial charge in [0, 0.05) is 12.1 Å². The topological polar surface area (TPSA) is 72.4 Å². The highest BCUT2D eigenvalue weighted by Crippen LogP contribution is 2.31. The average molecular weight is 310 g/mol. The number of nitrogens with zero attached hydrogens (tertiary/aromatic N) is 3. The fraction of sp³-hybridized carbons (Fsp3) is 0.353. The zero-order valence-electron chi connectivity index (χ0n) is 13.2. The first-order valence-corrected chi connectivity index (χ1v) is 7.90. The molecule has 1 fully saturated rings. The molecule has 0 spiro atoms. The first-order chi connectivity index (χ1) is 11.1. The number of anilines is 1. The molecule has 3 aromatic heterocycles. The third kappa shape index (κ3) is 2.60. The lowest BCUT2D eigenvalue weighted by atomic mass is 10.3. The Hall–Kier alpha value is -2.63. The van der Waals surface area contributed by atoms with Gasteiger partial charge in [-0.05, 0) is 38.3 Å². The van der Waals surface area contributed by atoms with E-state index in [1.54, 1.807) is 6.20 Å². The van der Waals surface area contributed by atoms with Crippen LogP contribution in [0, 0.1) is 12.8 Å². The maximum atomic E-state index is 12.0. The fourth-order valence-electron chi connectivity index (χ4n) is 2.58. The first kappa shape index (κ1) is 14.0. The normalized spacial score (nSPS) is 14.3. The van der Waals surface area contributed by atoms with Crippen molar-refractivity contribution in [3.8, 4) is 11.5 Å². The van der Waals surface area contributed by atoms with Crippen LogP contribution >= 0.6 is 0 Å². The molecule has 0 unspecified atom stereocenters. The molecule has 0 atom stereocenters. The van der Waals surface area contributed by atoms with E-state index in [0.29, 0.717) is 17.3 Å². The summed E-state index contributed by atoms with van der Waals surface area (Å²) in [6.45, 7) is 3.95. The standard InChI is InChI=1S/C17H18N4O2/c1-3-12-8-21-9-14(20-17(22)11-5-6-11)19-15(16(21)18-12)13-7-4-10(2)23-13/h4,7-9,11H,3,5-6H2,1-2H3,(H,20,22). The van der Waals surface area contributed by atoms with Gasteiger partial charge in [0.15, 0.2) is 17.1 Å². The third-order valence-electron chi connectivity index (χ3n) is 4.02. The van der Waals surface area contributed by atoms with E-state index in [1.807, 2.05) is 29.7 Å². The highest BCUT2D eigenvalue weighted by molar-refractivity contribution is 5.93. The smallest absolute Gasteiger partial charge is 0.228 e. The lowest BCUT2D eigenvalue weighted by Gasteiger charge is -2.07. The summed E-state index contributed by atoms with van der Waals surface area (Å²) in [6.07, 6.45) is 6.53. The van der Waals surface area contributed by atoms with Crippen LogP contribution in [0.3, 0.4) is 0 Å². The van der Waals surface area contributed by atoms with Crippen molar-refractivity contribution in [2.45, 2.75) is 33.1 Å². The zero-order valence-corrected chi connectivity index (χ0v) is 13.2. The molecule has 0 aromatic carbocycles. The molecule has 3 heterocycles. The number of hydrogen-bond donors (Lipinski definition) is 1. The maximum absolute atomic E-state index is 12.0. The Kier molecular flexibility index (Phi) is 3.18. The molecule has 1 amide bonds. The van der Waals surface area contributed by atoms with Gasteiger partial charge in [-0.2, -0.15) is 0 Å². The van der Waals surface area contributed by atoms with E-state index in [0.717, 1.165) is 36.4 Å². The van der Waals surface area contributed by atoms with E-state index in [4.69, 9.17) is 4.42 Å². The summed E-state index contributed by atoms with van der Waals surface area (Å²) in [5, 5.41) is 2.90. The summed E-state index contributed by atoms with van der Waals surface area (Å²) >= 11 is 0. The van der Waals surface area contributed by atoms with Gasteiger partial charge in [0.1, 0.15) is 11.6 Å². The quantitative estimate of drug-likeness (QED) is 0.803. The number of amides is 1. The van der Waals surface area contributed by atoms with Crippen LogP contribution in [-0.2, 0) is 11.2 Å². The Labute approximate surface area is 133 Å². The number of nitrogens with one attached hydrogen (secondary N) is 1. The molecule has 0 saturated heterocycles. The Morgan fingerprint density at radius 2 is 2.17 bits per heavy atom. The average Bonchev–Trinajstić information content (AvgIpc) is 3.17. The van der Waals surface area contributed by atoms with Gasteiger partial charge in [0.25, 0.3) is 0 Å². The Morgan fingerprint density at radius 1 is 1.35 bits per heavy atom. The SMILES string of the molecule is CCc1cn2cc(NC(=O)C3CC3)nc(-c3ccc(C)o3)c2n1. The number of imidazole rings is 1. The summed E-state index contributed by atoms with van der Waals surface area (Å²) in [7, 11) is 0. The number of hydrogen-bond acceptors (Lipinski definition) is 4. The van der Waals surface area contributed by atoms with Crippen molar-refractivity contribution in [3.05, 3.63) is 36.0 Å². The van der Waals surface area contributed by atoms with Crippen LogP contribution in [0.25, 0.3) is 17.1 Å². The van der Waals surface area contributed by atoms with Gasteiger partial charge in [-0.25, -0.2) is 9.97 Å². The Balaban J connectivity index is 1.83. The van der Waals surface area contributed by atoms with Gasteiger partial charge in [-0.1, -0.05) is 6.92 Å². The van der Waals surface area contributed by atoms with E-state index >= 15 is 0 Å². The van der Waals surface area contributed by atoms with Gasteiger partial charge in [-0.3, -0.25) is 4.79 Å². The van der Waals surface area contributed by atoms with Crippen molar-refractivity contribution >= 4 is 17.4 Å². The van der Waals surface area contributed by atoms with Crippen molar-refractivity contribution in [3.63, 3.8) is 0 Å². The minimum absolute atomic E-state index is 0.0363. The summed E-state index contributed by atoms with van der Waals surface area (Å²) < 4.78 is 7.62. The molecule has 6 heteroatoms. The minimum atomic E-state index is 0.0363. The van der Waals surface area contributed by atoms with Gasteiger partial charge in [0.2, 0.25) is 5.91 Å². The molecule has 0 radical (unpaired) electrons. The first-order valence-electron chi connectivity index (χ1n) is 7.90. The van der Waals surface area contributed by atoms with E-state index in [9.17, 15) is 4.79 Å². The lowest BCUT2D eigenvalue weighted by Crippen LogP contribution is -2.15. The van der Waals surface area contributed by atoms with Crippen LogP contribution in [0.5, 0.6) is 0 Å². The number of rotatable bonds is 4. The summed E-state index contributed by atoms with van der Waals surface area (Å²) in [5.74, 6) is 2.17. The number of fused-ring (bicyclic) bond motifs is 1. The predicted octanol–water partition coefficient (Wildman–Crippen LogP) is 3.21. The number of furan rings is 1. The van der Waals surface area contributed by atoms with Crippen LogP contribution in [0.1, 0.15) is 31.2 Å². The van der Waals surface area contributed by atoms with Crippen LogP contribution in [0.15, 0.2) is 28.9 Å². The number of carbonyl (C=O) groups is 1. The second-order valence-electron chi connectivity index (χ2n) is 5.97. The van der Waals surface area contributed by atoms with E-state index in [1.165, 1.54) is 0 Å². The second kappa shape index (κ2) is 5.22.